The highest BCUT2D eigenvalue weighted by atomic mass is 35.5. The van der Waals surface area contributed by atoms with E-state index in [1.165, 1.54) is 12.3 Å². The lowest BCUT2D eigenvalue weighted by molar-refractivity contribution is 0.419. The fraction of sp³-hybridized carbons (Fsp3) is 0. The number of halogens is 1. The molecule has 1 rings (SSSR count). The largest absolute Gasteiger partial charge is 0.505 e. The van der Waals surface area contributed by atoms with E-state index in [1.807, 2.05) is 0 Å². The van der Waals surface area contributed by atoms with E-state index in [0.717, 1.165) is 0 Å². The zero-order valence-electron chi connectivity index (χ0n) is 5.40. The molecular weight excluding hydrogens is 168 g/mol. The summed E-state index contributed by atoms with van der Waals surface area (Å²) >= 11 is 5.37. The van der Waals surface area contributed by atoms with Gasteiger partial charge in [-0.05, 0) is 6.07 Å². The summed E-state index contributed by atoms with van der Waals surface area (Å²) in [5.41, 5.74) is -0.0509. The minimum atomic E-state index is -1.73. The van der Waals surface area contributed by atoms with Crippen LogP contribution >= 0.6 is 11.6 Å². The highest BCUT2D eigenvalue weighted by molar-refractivity contribution is 6.60. The number of rotatable bonds is 1. The third-order valence-electron chi connectivity index (χ3n) is 1.19. The number of hydrogen-bond acceptors (Lipinski definition) is 4. The lowest BCUT2D eigenvalue weighted by atomic mass is 9.80. The molecule has 1 aromatic heterocycles. The number of aromatic hydroxyl groups is 1. The molecule has 0 aliphatic rings. The van der Waals surface area contributed by atoms with Crippen molar-refractivity contribution in [2.75, 3.05) is 0 Å². The Bertz CT molecular complexity index is 268. The van der Waals surface area contributed by atoms with E-state index in [-0.39, 0.29) is 10.6 Å². The molecular formula is C5H5BClNO3. The average molecular weight is 173 g/mol. The number of aromatic nitrogens is 1. The molecule has 0 aromatic carbocycles. The summed E-state index contributed by atoms with van der Waals surface area (Å²) < 4.78 is 0. The predicted octanol–water partition coefficient (Wildman–Crippen LogP) is -0.880. The zero-order chi connectivity index (χ0) is 8.43. The van der Waals surface area contributed by atoms with Crippen molar-refractivity contribution in [2.45, 2.75) is 0 Å². The highest BCUT2D eigenvalue weighted by Crippen LogP contribution is 2.15. The topological polar surface area (TPSA) is 73.6 Å². The summed E-state index contributed by atoms with van der Waals surface area (Å²) in [5, 5.41) is 26.2. The minimum absolute atomic E-state index is 0.0509. The van der Waals surface area contributed by atoms with Gasteiger partial charge < -0.3 is 15.2 Å². The van der Waals surface area contributed by atoms with Gasteiger partial charge in [-0.25, -0.2) is 4.98 Å². The maximum Gasteiger partial charge on any atom is 0.492 e. The van der Waals surface area contributed by atoms with Gasteiger partial charge in [0, 0.05) is 11.7 Å². The Hall–Kier alpha value is -0.775. The van der Waals surface area contributed by atoms with E-state index in [2.05, 4.69) is 4.98 Å². The molecule has 0 aliphatic carbocycles. The molecule has 0 fully saturated rings. The molecule has 0 spiro atoms. The standard InChI is InChI=1S/C5H5BClNO3/c7-5-4(9)3(6(10)11)1-2-8-5/h1-2,9-11H. The second kappa shape index (κ2) is 3.08. The van der Waals surface area contributed by atoms with Crippen LogP contribution in [0.4, 0.5) is 0 Å². The van der Waals surface area contributed by atoms with Crippen LogP contribution in [0.25, 0.3) is 0 Å². The molecule has 1 aromatic rings. The van der Waals surface area contributed by atoms with Crippen molar-refractivity contribution in [2.24, 2.45) is 0 Å². The van der Waals surface area contributed by atoms with Crippen molar-refractivity contribution in [3.8, 4) is 5.75 Å². The van der Waals surface area contributed by atoms with Crippen molar-refractivity contribution in [1.29, 1.82) is 0 Å². The summed E-state index contributed by atoms with van der Waals surface area (Å²) in [6.45, 7) is 0. The predicted molar refractivity (Wildman–Crippen MR) is 40.7 cm³/mol. The van der Waals surface area contributed by atoms with Crippen LogP contribution in [0.3, 0.4) is 0 Å². The van der Waals surface area contributed by atoms with Gasteiger partial charge in [0.2, 0.25) is 0 Å². The van der Waals surface area contributed by atoms with Crippen LogP contribution < -0.4 is 5.46 Å². The zero-order valence-corrected chi connectivity index (χ0v) is 6.15. The summed E-state index contributed by atoms with van der Waals surface area (Å²) in [6, 6.07) is 1.27. The lowest BCUT2D eigenvalue weighted by Gasteiger charge is -2.02. The van der Waals surface area contributed by atoms with Crippen LogP contribution in [0.5, 0.6) is 5.75 Å². The van der Waals surface area contributed by atoms with Crippen molar-refractivity contribution < 1.29 is 15.2 Å². The lowest BCUT2D eigenvalue weighted by Crippen LogP contribution is -2.30. The average Bonchev–Trinajstić information content (AvgIpc) is 1.94. The van der Waals surface area contributed by atoms with E-state index in [4.69, 9.17) is 26.8 Å². The molecule has 0 aliphatic heterocycles. The molecule has 4 nitrogen and oxygen atoms in total. The van der Waals surface area contributed by atoms with Gasteiger partial charge in [0.1, 0.15) is 0 Å². The summed E-state index contributed by atoms with van der Waals surface area (Å²) in [7, 11) is -1.73. The fourth-order valence-corrected chi connectivity index (χ4v) is 0.816. The van der Waals surface area contributed by atoms with E-state index >= 15 is 0 Å². The van der Waals surface area contributed by atoms with Crippen LogP contribution in [-0.4, -0.2) is 27.3 Å². The second-order valence-corrected chi connectivity index (χ2v) is 2.27. The third-order valence-corrected chi connectivity index (χ3v) is 1.47. The number of hydrogen-bond donors (Lipinski definition) is 3. The Morgan fingerprint density at radius 3 is 2.55 bits per heavy atom. The smallest absolute Gasteiger partial charge is 0.492 e. The first kappa shape index (κ1) is 8.32. The molecule has 0 radical (unpaired) electrons. The molecule has 3 N–H and O–H groups in total. The first-order valence-electron chi connectivity index (χ1n) is 2.82. The molecule has 6 heteroatoms. The normalized spacial score (nSPS) is 9.73. The Morgan fingerprint density at radius 2 is 2.09 bits per heavy atom. The molecule has 11 heavy (non-hydrogen) atoms. The monoisotopic (exact) mass is 173 g/mol. The van der Waals surface area contributed by atoms with Crippen LogP contribution in [-0.2, 0) is 0 Å². The van der Waals surface area contributed by atoms with Crippen LogP contribution in [0.2, 0.25) is 5.15 Å². The van der Waals surface area contributed by atoms with Gasteiger partial charge in [-0.3, -0.25) is 0 Å². The SMILES string of the molecule is OB(O)c1ccnc(Cl)c1O. The number of nitrogens with zero attached hydrogens (tertiary/aromatic N) is 1. The molecule has 0 atom stereocenters. The van der Waals surface area contributed by atoms with Gasteiger partial charge in [0.05, 0.1) is 0 Å². The van der Waals surface area contributed by atoms with Crippen LogP contribution in [0.1, 0.15) is 0 Å². The van der Waals surface area contributed by atoms with Gasteiger partial charge in [-0.15, -0.1) is 0 Å². The van der Waals surface area contributed by atoms with E-state index in [0.29, 0.717) is 0 Å². The quantitative estimate of drug-likeness (QED) is 0.381. The van der Waals surface area contributed by atoms with Gasteiger partial charge in [0.25, 0.3) is 0 Å². The van der Waals surface area contributed by atoms with Crippen molar-refractivity contribution in [3.63, 3.8) is 0 Å². The van der Waals surface area contributed by atoms with E-state index in [9.17, 15) is 0 Å². The molecule has 58 valence electrons. The van der Waals surface area contributed by atoms with Crippen LogP contribution in [0, 0.1) is 0 Å². The molecule has 1 heterocycles. The van der Waals surface area contributed by atoms with E-state index in [1.54, 1.807) is 0 Å². The first-order chi connectivity index (χ1) is 5.13. The first-order valence-corrected chi connectivity index (χ1v) is 3.20. The van der Waals surface area contributed by atoms with Gasteiger partial charge >= 0.3 is 7.12 Å². The van der Waals surface area contributed by atoms with Gasteiger partial charge in [-0.1, -0.05) is 11.6 Å². The van der Waals surface area contributed by atoms with Gasteiger partial charge in [-0.2, -0.15) is 0 Å². The Kier molecular flexibility index (Phi) is 2.33. The molecule has 0 saturated carbocycles. The summed E-state index contributed by atoms with van der Waals surface area (Å²) in [6.07, 6.45) is 1.27. The van der Waals surface area contributed by atoms with Crippen molar-refractivity contribution >= 4 is 24.2 Å². The Balaban J connectivity index is 3.17. The molecule has 0 saturated heterocycles. The van der Waals surface area contributed by atoms with Crippen molar-refractivity contribution in [1.82, 2.24) is 4.98 Å². The summed E-state index contributed by atoms with van der Waals surface area (Å²) in [5.74, 6) is -0.399. The van der Waals surface area contributed by atoms with E-state index < -0.39 is 12.9 Å². The fourth-order valence-electron chi connectivity index (χ4n) is 0.651. The second-order valence-electron chi connectivity index (χ2n) is 1.91. The van der Waals surface area contributed by atoms with Gasteiger partial charge in [0.15, 0.2) is 10.9 Å². The number of pyridine rings is 1. The maximum absolute atomic E-state index is 9.05. The van der Waals surface area contributed by atoms with Crippen molar-refractivity contribution in [3.05, 3.63) is 17.4 Å². The molecule has 0 amide bonds. The van der Waals surface area contributed by atoms with Crippen LogP contribution in [0.15, 0.2) is 12.3 Å². The highest BCUT2D eigenvalue weighted by Gasteiger charge is 2.17. The Morgan fingerprint density at radius 1 is 1.45 bits per heavy atom. The minimum Gasteiger partial charge on any atom is -0.505 e. The molecule has 0 unspecified atom stereocenters. The Labute approximate surface area is 68.2 Å². The third kappa shape index (κ3) is 1.62. The molecule has 0 bridgehead atoms. The summed E-state index contributed by atoms with van der Waals surface area (Å²) in [4.78, 5) is 3.51. The maximum atomic E-state index is 9.05.